The molecule has 148 valence electrons. The van der Waals surface area contributed by atoms with Crippen LogP contribution in [0.25, 0.3) is 16.2 Å². The molecule has 6 nitrogen and oxygen atoms in total. The number of alkyl halides is 3. The summed E-state index contributed by atoms with van der Waals surface area (Å²) in [5.41, 5.74) is -0.857. The Bertz CT molecular complexity index is 1010. The number of amides is 1. The molecule has 0 saturated carbocycles. The minimum absolute atomic E-state index is 0.0177. The van der Waals surface area contributed by atoms with Gasteiger partial charge in [0.15, 0.2) is 17.0 Å². The smallest absolute Gasteiger partial charge is 0.372 e. The van der Waals surface area contributed by atoms with Crippen LogP contribution in [0.5, 0.6) is 0 Å². The standard InChI is InChI=1S/C18H17F3N4O2S/c1-10-8-24(9-11(2)27-10)17(26)13-7-16-22-12(14-4-3-5-28-14)6-15(18(19,20)21)25(16)23-13/h3-7,10-11H,8-9H2,1-2H3. The van der Waals surface area contributed by atoms with Gasteiger partial charge >= 0.3 is 6.18 Å². The van der Waals surface area contributed by atoms with Crippen molar-refractivity contribution in [2.75, 3.05) is 13.1 Å². The minimum atomic E-state index is -4.64. The Balaban J connectivity index is 1.78. The lowest BCUT2D eigenvalue weighted by Crippen LogP contribution is -2.48. The Morgan fingerprint density at radius 3 is 2.57 bits per heavy atom. The highest BCUT2D eigenvalue weighted by Crippen LogP contribution is 2.33. The molecule has 2 unspecified atom stereocenters. The number of nitrogens with zero attached hydrogens (tertiary/aromatic N) is 4. The Hall–Kier alpha value is -2.46. The van der Waals surface area contributed by atoms with Gasteiger partial charge in [0, 0.05) is 19.2 Å². The van der Waals surface area contributed by atoms with E-state index in [9.17, 15) is 18.0 Å². The second kappa shape index (κ2) is 6.85. The van der Waals surface area contributed by atoms with Gasteiger partial charge in [-0.25, -0.2) is 9.50 Å². The van der Waals surface area contributed by atoms with Gasteiger partial charge in [-0.2, -0.15) is 18.3 Å². The lowest BCUT2D eigenvalue weighted by molar-refractivity contribution is -0.142. The van der Waals surface area contributed by atoms with Crippen LogP contribution in [0.2, 0.25) is 0 Å². The Morgan fingerprint density at radius 2 is 1.96 bits per heavy atom. The summed E-state index contributed by atoms with van der Waals surface area (Å²) in [4.78, 5) is 19.3. The van der Waals surface area contributed by atoms with Crippen LogP contribution in [-0.4, -0.2) is 50.7 Å². The van der Waals surface area contributed by atoms with Crippen LogP contribution >= 0.6 is 11.3 Å². The third-order valence-electron chi connectivity index (χ3n) is 4.42. The largest absolute Gasteiger partial charge is 0.433 e. The summed E-state index contributed by atoms with van der Waals surface area (Å²) in [6.45, 7) is 4.40. The normalized spacial score (nSPS) is 20.7. The molecule has 3 aromatic rings. The van der Waals surface area contributed by atoms with E-state index >= 15 is 0 Å². The summed E-state index contributed by atoms with van der Waals surface area (Å²) < 4.78 is 47.1. The van der Waals surface area contributed by atoms with Crippen molar-refractivity contribution >= 4 is 22.9 Å². The maximum atomic E-state index is 13.6. The fourth-order valence-electron chi connectivity index (χ4n) is 3.34. The number of carbonyl (C=O) groups is 1. The summed E-state index contributed by atoms with van der Waals surface area (Å²) in [5, 5.41) is 5.70. The highest BCUT2D eigenvalue weighted by molar-refractivity contribution is 7.13. The van der Waals surface area contributed by atoms with Crippen molar-refractivity contribution in [1.82, 2.24) is 19.5 Å². The number of ether oxygens (including phenoxy) is 1. The molecule has 1 aliphatic heterocycles. The molecule has 1 amide bonds. The van der Waals surface area contributed by atoms with Crippen molar-refractivity contribution < 1.29 is 22.7 Å². The van der Waals surface area contributed by atoms with Crippen molar-refractivity contribution in [1.29, 1.82) is 0 Å². The Morgan fingerprint density at radius 1 is 1.25 bits per heavy atom. The average Bonchev–Trinajstić information content (AvgIpc) is 3.27. The summed E-state index contributed by atoms with van der Waals surface area (Å²) in [6, 6.07) is 5.70. The third-order valence-corrected chi connectivity index (χ3v) is 5.31. The van der Waals surface area contributed by atoms with Crippen molar-refractivity contribution in [2.24, 2.45) is 0 Å². The van der Waals surface area contributed by atoms with E-state index in [0.29, 0.717) is 22.5 Å². The van der Waals surface area contributed by atoms with E-state index < -0.39 is 17.8 Å². The van der Waals surface area contributed by atoms with E-state index in [2.05, 4.69) is 10.1 Å². The number of aromatic nitrogens is 3. The summed E-state index contributed by atoms with van der Waals surface area (Å²) in [7, 11) is 0. The zero-order valence-corrected chi connectivity index (χ0v) is 15.9. The molecule has 0 radical (unpaired) electrons. The Labute approximate surface area is 162 Å². The van der Waals surface area contributed by atoms with Crippen LogP contribution in [0, 0.1) is 0 Å². The SMILES string of the molecule is CC1CN(C(=O)c2cc3nc(-c4cccs4)cc(C(F)(F)F)n3n2)CC(C)O1. The summed E-state index contributed by atoms with van der Waals surface area (Å²) in [6.07, 6.45) is -4.94. The first-order chi connectivity index (χ1) is 13.2. The lowest BCUT2D eigenvalue weighted by Gasteiger charge is -2.34. The van der Waals surface area contributed by atoms with E-state index in [1.54, 1.807) is 22.4 Å². The predicted octanol–water partition coefficient (Wildman–Crippen LogP) is 3.73. The van der Waals surface area contributed by atoms with Crippen LogP contribution in [0.4, 0.5) is 13.2 Å². The zero-order chi connectivity index (χ0) is 20.1. The molecular weight excluding hydrogens is 393 g/mol. The number of hydrogen-bond acceptors (Lipinski definition) is 5. The summed E-state index contributed by atoms with van der Waals surface area (Å²) >= 11 is 1.29. The number of rotatable bonds is 2. The van der Waals surface area contributed by atoms with Gasteiger partial charge in [0.25, 0.3) is 5.91 Å². The predicted molar refractivity (Wildman–Crippen MR) is 97.2 cm³/mol. The minimum Gasteiger partial charge on any atom is -0.372 e. The second-order valence-electron chi connectivity index (χ2n) is 6.77. The maximum Gasteiger partial charge on any atom is 0.433 e. The highest BCUT2D eigenvalue weighted by atomic mass is 32.1. The monoisotopic (exact) mass is 410 g/mol. The molecule has 4 heterocycles. The molecule has 0 aromatic carbocycles. The molecule has 0 N–H and O–H groups in total. The van der Waals surface area contributed by atoms with E-state index in [1.165, 1.54) is 17.4 Å². The van der Waals surface area contributed by atoms with E-state index in [1.807, 2.05) is 13.8 Å². The zero-order valence-electron chi connectivity index (χ0n) is 15.1. The summed E-state index contributed by atoms with van der Waals surface area (Å²) in [5.74, 6) is -0.432. The molecule has 1 saturated heterocycles. The number of hydrogen-bond donors (Lipinski definition) is 0. The van der Waals surface area contributed by atoms with Gasteiger partial charge in [0.1, 0.15) is 0 Å². The topological polar surface area (TPSA) is 59.7 Å². The average molecular weight is 410 g/mol. The van der Waals surface area contributed by atoms with Crippen LogP contribution in [0.1, 0.15) is 30.0 Å². The third kappa shape index (κ3) is 3.49. The first-order valence-corrected chi connectivity index (χ1v) is 9.57. The molecule has 2 atom stereocenters. The van der Waals surface area contributed by atoms with E-state index in [0.717, 1.165) is 6.07 Å². The van der Waals surface area contributed by atoms with Gasteiger partial charge in [-0.15, -0.1) is 11.3 Å². The Kier molecular flexibility index (Phi) is 4.62. The molecule has 1 fully saturated rings. The van der Waals surface area contributed by atoms with Gasteiger partial charge < -0.3 is 9.64 Å². The second-order valence-corrected chi connectivity index (χ2v) is 7.72. The van der Waals surface area contributed by atoms with E-state index in [4.69, 9.17) is 4.74 Å². The molecule has 10 heteroatoms. The fraction of sp³-hybridized carbons (Fsp3) is 0.389. The molecule has 0 aliphatic carbocycles. The van der Waals surface area contributed by atoms with Crippen LogP contribution in [0.15, 0.2) is 29.6 Å². The van der Waals surface area contributed by atoms with E-state index in [-0.39, 0.29) is 29.2 Å². The number of morpholine rings is 1. The van der Waals surface area contributed by atoms with Crippen molar-refractivity contribution in [3.05, 3.63) is 41.0 Å². The van der Waals surface area contributed by atoms with Crippen LogP contribution in [0.3, 0.4) is 0 Å². The van der Waals surface area contributed by atoms with Gasteiger partial charge in [-0.05, 0) is 31.4 Å². The van der Waals surface area contributed by atoms with Crippen molar-refractivity contribution in [2.45, 2.75) is 32.2 Å². The highest BCUT2D eigenvalue weighted by Gasteiger charge is 2.36. The van der Waals surface area contributed by atoms with Gasteiger partial charge in [0.05, 0.1) is 22.8 Å². The first kappa shape index (κ1) is 18.9. The van der Waals surface area contributed by atoms with Gasteiger partial charge in [-0.1, -0.05) is 6.07 Å². The molecule has 1 aliphatic rings. The molecule has 3 aromatic heterocycles. The molecule has 0 spiro atoms. The number of halogens is 3. The first-order valence-electron chi connectivity index (χ1n) is 8.69. The molecule has 28 heavy (non-hydrogen) atoms. The lowest BCUT2D eigenvalue weighted by atomic mass is 10.2. The maximum absolute atomic E-state index is 13.6. The fourth-order valence-corrected chi connectivity index (χ4v) is 4.02. The van der Waals surface area contributed by atoms with Crippen molar-refractivity contribution in [3.8, 4) is 10.6 Å². The van der Waals surface area contributed by atoms with Crippen LogP contribution in [-0.2, 0) is 10.9 Å². The molecule has 4 rings (SSSR count). The molecular formula is C18H17F3N4O2S. The van der Waals surface area contributed by atoms with Gasteiger partial charge in [-0.3, -0.25) is 4.79 Å². The molecule has 0 bridgehead atoms. The van der Waals surface area contributed by atoms with Gasteiger partial charge in [0.2, 0.25) is 0 Å². The quantitative estimate of drug-likeness (QED) is 0.646. The number of carbonyl (C=O) groups excluding carboxylic acids is 1. The van der Waals surface area contributed by atoms with Crippen molar-refractivity contribution in [3.63, 3.8) is 0 Å². The number of thiophene rings is 1. The van der Waals surface area contributed by atoms with Crippen LogP contribution < -0.4 is 0 Å². The number of fused-ring (bicyclic) bond motifs is 1.